The number of rotatable bonds is 5. The van der Waals surface area contributed by atoms with E-state index in [-0.39, 0.29) is 11.3 Å². The minimum Gasteiger partial charge on any atom is -0.387 e. The maximum Gasteiger partial charge on any atom is 0.252 e. The summed E-state index contributed by atoms with van der Waals surface area (Å²) in [5.74, 6) is -1.73. The van der Waals surface area contributed by atoms with Crippen molar-refractivity contribution in [1.29, 1.82) is 0 Å². The number of hydrogen-bond acceptors (Lipinski definition) is 6. The Bertz CT molecular complexity index is 598. The average molecular weight is 399 g/mol. The molecule has 8 nitrogen and oxygen atoms in total. The van der Waals surface area contributed by atoms with Gasteiger partial charge in [-0.1, -0.05) is 32.9 Å². The minimum absolute atomic E-state index is 0.0899. The number of carbonyl (C=O) groups is 2. The number of allylic oxidation sites excluding steroid dienone is 1. The highest BCUT2D eigenvalue weighted by Gasteiger charge is 2.47. The van der Waals surface area contributed by atoms with E-state index in [9.17, 15) is 14.7 Å². The van der Waals surface area contributed by atoms with Gasteiger partial charge in [-0.2, -0.15) is 0 Å². The van der Waals surface area contributed by atoms with Crippen molar-refractivity contribution >= 4 is 11.8 Å². The fraction of sp³-hybridized carbons (Fsp3) is 0.800. The lowest BCUT2D eigenvalue weighted by atomic mass is 9.93. The number of ether oxygens (including phenoxy) is 3. The van der Waals surface area contributed by atoms with Crippen LogP contribution >= 0.6 is 0 Å². The molecule has 0 aromatic carbocycles. The molecule has 0 bridgehead atoms. The van der Waals surface area contributed by atoms with E-state index in [1.807, 2.05) is 26.8 Å². The monoisotopic (exact) mass is 398 g/mol. The number of nitrogens with one attached hydrogen (secondary N) is 2. The molecule has 0 radical (unpaired) electrons. The standard InChI is InChI=1S/C20H34N2O6/c1-19(2,3)10-9-13-14(23)15(28-20(4,5)27-13)16(26-6)18(25)22-12-8-7-11-21-17(12)24/h9-10,12-16,23H,7-8,11H2,1-6H3,(H,21,24)(H,22,25)/b10-9+/t12?,13-,14+,15-,16-/m1/s1. The first-order chi connectivity index (χ1) is 12.9. The van der Waals surface area contributed by atoms with Crippen LogP contribution in [0.3, 0.4) is 0 Å². The summed E-state index contributed by atoms with van der Waals surface area (Å²) in [5, 5.41) is 16.3. The first kappa shape index (κ1) is 22.8. The summed E-state index contributed by atoms with van der Waals surface area (Å²) in [4.78, 5) is 24.7. The molecule has 5 atom stereocenters. The highest BCUT2D eigenvalue weighted by molar-refractivity contribution is 5.90. The molecule has 1 unspecified atom stereocenters. The Labute approximate surface area is 167 Å². The molecule has 0 aromatic heterocycles. The van der Waals surface area contributed by atoms with E-state index in [0.717, 1.165) is 6.42 Å². The van der Waals surface area contributed by atoms with E-state index in [2.05, 4.69) is 10.6 Å². The van der Waals surface area contributed by atoms with Crippen LogP contribution in [-0.2, 0) is 23.8 Å². The molecule has 2 rings (SSSR count). The third-order valence-corrected chi connectivity index (χ3v) is 4.71. The van der Waals surface area contributed by atoms with Crippen molar-refractivity contribution in [3.05, 3.63) is 12.2 Å². The minimum atomic E-state index is -1.11. The van der Waals surface area contributed by atoms with Crippen LogP contribution in [-0.4, -0.2) is 66.8 Å². The third kappa shape index (κ3) is 6.01. The van der Waals surface area contributed by atoms with E-state index in [4.69, 9.17) is 14.2 Å². The van der Waals surface area contributed by atoms with Gasteiger partial charge in [-0.3, -0.25) is 9.59 Å². The Kier molecular flexibility index (Phi) is 7.25. The first-order valence-corrected chi connectivity index (χ1v) is 9.77. The lowest BCUT2D eigenvalue weighted by Crippen LogP contribution is -2.62. The van der Waals surface area contributed by atoms with Crippen molar-refractivity contribution in [3.8, 4) is 0 Å². The molecule has 160 valence electrons. The van der Waals surface area contributed by atoms with Gasteiger partial charge in [0, 0.05) is 13.7 Å². The molecule has 2 heterocycles. The summed E-state index contributed by atoms with van der Waals surface area (Å²) >= 11 is 0. The van der Waals surface area contributed by atoms with Gasteiger partial charge in [0.25, 0.3) is 5.91 Å². The van der Waals surface area contributed by atoms with Crippen LogP contribution in [0.4, 0.5) is 0 Å². The highest BCUT2D eigenvalue weighted by atomic mass is 16.7. The van der Waals surface area contributed by atoms with Crippen LogP contribution in [0.1, 0.15) is 47.5 Å². The van der Waals surface area contributed by atoms with Crippen LogP contribution < -0.4 is 10.6 Å². The molecule has 0 aliphatic carbocycles. The molecule has 2 saturated heterocycles. The van der Waals surface area contributed by atoms with Gasteiger partial charge >= 0.3 is 0 Å². The number of aliphatic hydroxyl groups is 1. The van der Waals surface area contributed by atoms with Gasteiger partial charge in [0.2, 0.25) is 5.91 Å². The molecule has 2 aliphatic heterocycles. The molecule has 2 fully saturated rings. The predicted octanol–water partition coefficient (Wildman–Crippen LogP) is 0.880. The largest absolute Gasteiger partial charge is 0.387 e. The highest BCUT2D eigenvalue weighted by Crippen LogP contribution is 2.31. The molecule has 3 N–H and O–H groups in total. The van der Waals surface area contributed by atoms with Gasteiger partial charge in [0.1, 0.15) is 24.4 Å². The number of aliphatic hydroxyl groups excluding tert-OH is 1. The van der Waals surface area contributed by atoms with Crippen molar-refractivity contribution in [2.45, 2.75) is 83.7 Å². The Hall–Kier alpha value is -1.48. The maximum absolute atomic E-state index is 12.8. The molecule has 28 heavy (non-hydrogen) atoms. The van der Waals surface area contributed by atoms with Gasteiger partial charge in [0.15, 0.2) is 11.9 Å². The van der Waals surface area contributed by atoms with E-state index < -0.39 is 42.2 Å². The van der Waals surface area contributed by atoms with Gasteiger partial charge in [0.05, 0.1) is 0 Å². The zero-order valence-electron chi connectivity index (χ0n) is 17.7. The number of piperidine rings is 1. The molecule has 2 amide bonds. The Morgan fingerprint density at radius 3 is 2.64 bits per heavy atom. The molecule has 8 heteroatoms. The van der Waals surface area contributed by atoms with E-state index in [1.54, 1.807) is 19.9 Å². The average Bonchev–Trinajstić information content (AvgIpc) is 2.58. The Balaban J connectivity index is 2.16. The molecule has 0 saturated carbocycles. The zero-order chi connectivity index (χ0) is 21.1. The van der Waals surface area contributed by atoms with Crippen molar-refractivity contribution < 1.29 is 28.9 Å². The van der Waals surface area contributed by atoms with Crippen LogP contribution in [0.2, 0.25) is 0 Å². The second-order valence-electron chi connectivity index (χ2n) is 8.93. The van der Waals surface area contributed by atoms with Crippen LogP contribution in [0.25, 0.3) is 0 Å². The molecule has 2 aliphatic rings. The van der Waals surface area contributed by atoms with Crippen molar-refractivity contribution in [2.75, 3.05) is 13.7 Å². The lowest BCUT2D eigenvalue weighted by molar-refractivity contribution is -0.334. The van der Waals surface area contributed by atoms with Gasteiger partial charge in [-0.05, 0) is 32.1 Å². The fourth-order valence-corrected chi connectivity index (χ4v) is 3.34. The normalized spacial score (nSPS) is 32.0. The van der Waals surface area contributed by atoms with Crippen LogP contribution in [0.5, 0.6) is 0 Å². The van der Waals surface area contributed by atoms with Crippen molar-refractivity contribution in [2.24, 2.45) is 5.41 Å². The number of hydrogen-bond donors (Lipinski definition) is 3. The van der Waals surface area contributed by atoms with Gasteiger partial charge in [-0.15, -0.1) is 0 Å². The zero-order valence-corrected chi connectivity index (χ0v) is 17.7. The van der Waals surface area contributed by atoms with Crippen molar-refractivity contribution in [3.63, 3.8) is 0 Å². The smallest absolute Gasteiger partial charge is 0.252 e. The second kappa shape index (κ2) is 8.90. The predicted molar refractivity (Wildman–Crippen MR) is 103 cm³/mol. The third-order valence-electron chi connectivity index (χ3n) is 4.71. The van der Waals surface area contributed by atoms with E-state index >= 15 is 0 Å². The molecule has 0 aromatic rings. The molecular formula is C20H34N2O6. The summed E-state index contributed by atoms with van der Waals surface area (Å²) in [5.41, 5.74) is -0.0899. The summed E-state index contributed by atoms with van der Waals surface area (Å²) in [7, 11) is 1.38. The fourth-order valence-electron chi connectivity index (χ4n) is 3.34. The lowest BCUT2D eigenvalue weighted by Gasteiger charge is -2.45. The Morgan fingerprint density at radius 2 is 2.07 bits per heavy atom. The maximum atomic E-state index is 12.8. The summed E-state index contributed by atoms with van der Waals surface area (Å²) in [6.45, 7) is 10.2. The topological polar surface area (TPSA) is 106 Å². The van der Waals surface area contributed by atoms with Crippen molar-refractivity contribution in [1.82, 2.24) is 10.6 Å². The van der Waals surface area contributed by atoms with Crippen LogP contribution in [0, 0.1) is 5.41 Å². The molecular weight excluding hydrogens is 364 g/mol. The van der Waals surface area contributed by atoms with Crippen LogP contribution in [0.15, 0.2) is 12.2 Å². The second-order valence-corrected chi connectivity index (χ2v) is 8.93. The first-order valence-electron chi connectivity index (χ1n) is 9.77. The SMILES string of the molecule is CO[C@@H](C(=O)NC1CCCNC1=O)[C@@H]1OC(C)(C)O[C@H](/C=C/C(C)(C)C)[C@@H]1O. The van der Waals surface area contributed by atoms with Gasteiger partial charge in [-0.25, -0.2) is 0 Å². The van der Waals surface area contributed by atoms with E-state index in [0.29, 0.717) is 13.0 Å². The van der Waals surface area contributed by atoms with Gasteiger partial charge < -0.3 is 30.0 Å². The number of amides is 2. The number of carbonyl (C=O) groups excluding carboxylic acids is 2. The molecule has 0 spiro atoms. The summed E-state index contributed by atoms with van der Waals surface area (Å²) in [6, 6.07) is -0.611. The van der Waals surface area contributed by atoms with E-state index in [1.165, 1.54) is 7.11 Å². The quantitative estimate of drug-likeness (QED) is 0.594. The number of methoxy groups -OCH3 is 1. The summed E-state index contributed by atoms with van der Waals surface area (Å²) in [6.07, 6.45) is 1.30. The Morgan fingerprint density at radius 1 is 1.39 bits per heavy atom. The summed E-state index contributed by atoms with van der Waals surface area (Å²) < 4.78 is 17.1.